The van der Waals surface area contributed by atoms with Gasteiger partial charge in [0.1, 0.15) is 0 Å². The van der Waals surface area contributed by atoms with Crippen LogP contribution in [0.2, 0.25) is 0 Å². The Morgan fingerprint density at radius 3 is 2.62 bits per heavy atom. The second-order valence-electron chi connectivity index (χ2n) is 2.52. The lowest BCUT2D eigenvalue weighted by atomic mass is 10.2. The SMILES string of the molecule is C(=Cc1ncno1)c1ccccc1. The molecule has 3 nitrogen and oxygen atoms in total. The molecule has 0 N–H and O–H groups in total. The Labute approximate surface area is 75.7 Å². The third-order valence-corrected chi connectivity index (χ3v) is 1.60. The molecule has 3 heteroatoms. The van der Waals surface area contributed by atoms with Gasteiger partial charge in [0.2, 0.25) is 5.89 Å². The molecule has 0 radical (unpaired) electrons. The third-order valence-electron chi connectivity index (χ3n) is 1.60. The van der Waals surface area contributed by atoms with Crippen molar-refractivity contribution in [2.45, 2.75) is 0 Å². The van der Waals surface area contributed by atoms with Crippen molar-refractivity contribution in [3.8, 4) is 0 Å². The lowest BCUT2D eigenvalue weighted by molar-refractivity contribution is 0.409. The van der Waals surface area contributed by atoms with Gasteiger partial charge in [0.15, 0.2) is 6.33 Å². The molecule has 1 heterocycles. The summed E-state index contributed by atoms with van der Waals surface area (Å²) in [5, 5.41) is 3.50. The van der Waals surface area contributed by atoms with Crippen LogP contribution >= 0.6 is 0 Å². The fourth-order valence-corrected chi connectivity index (χ4v) is 0.987. The van der Waals surface area contributed by atoms with Gasteiger partial charge in [-0.2, -0.15) is 4.98 Å². The molecule has 1 aromatic heterocycles. The Balaban J connectivity index is 2.15. The van der Waals surface area contributed by atoms with E-state index in [0.29, 0.717) is 5.89 Å². The summed E-state index contributed by atoms with van der Waals surface area (Å²) in [4.78, 5) is 3.87. The van der Waals surface area contributed by atoms with Crippen molar-refractivity contribution in [1.29, 1.82) is 0 Å². The van der Waals surface area contributed by atoms with Crippen molar-refractivity contribution in [3.05, 3.63) is 48.1 Å². The first kappa shape index (κ1) is 7.73. The van der Waals surface area contributed by atoms with Gasteiger partial charge >= 0.3 is 0 Å². The molecule has 2 aromatic rings. The van der Waals surface area contributed by atoms with Gasteiger partial charge in [0, 0.05) is 6.08 Å². The Kier molecular flexibility index (Phi) is 2.18. The summed E-state index contributed by atoms with van der Waals surface area (Å²) in [6, 6.07) is 9.95. The molecule has 0 spiro atoms. The highest BCUT2D eigenvalue weighted by Gasteiger charge is 1.90. The maximum atomic E-state index is 4.81. The number of benzene rings is 1. The molecular formula is C10H8N2O. The fourth-order valence-electron chi connectivity index (χ4n) is 0.987. The molecule has 64 valence electrons. The van der Waals surface area contributed by atoms with E-state index in [-0.39, 0.29) is 0 Å². The Morgan fingerprint density at radius 2 is 1.92 bits per heavy atom. The van der Waals surface area contributed by atoms with Gasteiger partial charge in [-0.15, -0.1) is 0 Å². The minimum atomic E-state index is 0.517. The number of hydrogen-bond acceptors (Lipinski definition) is 3. The average Bonchev–Trinajstić information content (AvgIpc) is 2.69. The maximum absolute atomic E-state index is 4.81. The van der Waals surface area contributed by atoms with Gasteiger partial charge < -0.3 is 4.52 Å². The highest BCUT2D eigenvalue weighted by Crippen LogP contribution is 2.04. The van der Waals surface area contributed by atoms with E-state index in [4.69, 9.17) is 4.52 Å². The lowest BCUT2D eigenvalue weighted by Gasteiger charge is -1.88. The van der Waals surface area contributed by atoms with Crippen LogP contribution in [0.15, 0.2) is 41.2 Å². The van der Waals surface area contributed by atoms with E-state index in [0.717, 1.165) is 5.56 Å². The first-order valence-electron chi connectivity index (χ1n) is 3.95. The van der Waals surface area contributed by atoms with Crippen LogP contribution < -0.4 is 0 Å². The van der Waals surface area contributed by atoms with E-state index >= 15 is 0 Å². The number of hydrogen-bond donors (Lipinski definition) is 0. The lowest BCUT2D eigenvalue weighted by Crippen LogP contribution is -1.70. The second kappa shape index (κ2) is 3.67. The largest absolute Gasteiger partial charge is 0.335 e. The van der Waals surface area contributed by atoms with Crippen molar-refractivity contribution in [3.63, 3.8) is 0 Å². The van der Waals surface area contributed by atoms with Gasteiger partial charge in [-0.05, 0) is 11.6 Å². The summed E-state index contributed by atoms with van der Waals surface area (Å²) in [5.74, 6) is 0.517. The number of nitrogens with zero attached hydrogens (tertiary/aromatic N) is 2. The fraction of sp³-hybridized carbons (Fsp3) is 0. The van der Waals surface area contributed by atoms with Crippen molar-refractivity contribution >= 4 is 12.2 Å². The Morgan fingerprint density at radius 1 is 1.08 bits per heavy atom. The van der Waals surface area contributed by atoms with Gasteiger partial charge in [-0.1, -0.05) is 35.5 Å². The highest BCUT2D eigenvalue weighted by atomic mass is 16.5. The summed E-state index contributed by atoms with van der Waals surface area (Å²) >= 11 is 0. The van der Waals surface area contributed by atoms with Crippen LogP contribution in [0, 0.1) is 0 Å². The predicted octanol–water partition coefficient (Wildman–Crippen LogP) is 2.24. The third kappa shape index (κ3) is 2.02. The van der Waals surface area contributed by atoms with Gasteiger partial charge in [-0.3, -0.25) is 0 Å². The van der Waals surface area contributed by atoms with Gasteiger partial charge in [0.05, 0.1) is 0 Å². The first-order chi connectivity index (χ1) is 6.45. The molecule has 0 fully saturated rings. The van der Waals surface area contributed by atoms with E-state index in [2.05, 4.69) is 10.1 Å². The van der Waals surface area contributed by atoms with E-state index < -0.39 is 0 Å². The van der Waals surface area contributed by atoms with E-state index in [1.165, 1.54) is 6.33 Å². The summed E-state index contributed by atoms with van der Waals surface area (Å²) < 4.78 is 4.81. The molecule has 0 saturated carbocycles. The molecule has 0 aliphatic heterocycles. The molecule has 0 saturated heterocycles. The van der Waals surface area contributed by atoms with Crippen molar-refractivity contribution < 1.29 is 4.52 Å². The molecule has 0 amide bonds. The van der Waals surface area contributed by atoms with Crippen LogP contribution in [-0.2, 0) is 0 Å². The summed E-state index contributed by atoms with van der Waals surface area (Å²) in [6.45, 7) is 0. The van der Waals surface area contributed by atoms with Crippen LogP contribution in [0.25, 0.3) is 12.2 Å². The quantitative estimate of drug-likeness (QED) is 0.697. The zero-order valence-corrected chi connectivity index (χ0v) is 6.92. The van der Waals surface area contributed by atoms with Crippen LogP contribution in [0.4, 0.5) is 0 Å². The predicted molar refractivity (Wildman–Crippen MR) is 49.7 cm³/mol. The Bertz CT molecular complexity index is 379. The van der Waals surface area contributed by atoms with E-state index in [1.54, 1.807) is 6.08 Å². The smallest absolute Gasteiger partial charge is 0.250 e. The van der Waals surface area contributed by atoms with Crippen molar-refractivity contribution in [2.24, 2.45) is 0 Å². The van der Waals surface area contributed by atoms with Crippen molar-refractivity contribution in [1.82, 2.24) is 10.1 Å². The second-order valence-corrected chi connectivity index (χ2v) is 2.52. The van der Waals surface area contributed by atoms with E-state index in [9.17, 15) is 0 Å². The monoisotopic (exact) mass is 172 g/mol. The van der Waals surface area contributed by atoms with Gasteiger partial charge in [-0.25, -0.2) is 0 Å². The van der Waals surface area contributed by atoms with Crippen LogP contribution in [-0.4, -0.2) is 10.1 Å². The summed E-state index contributed by atoms with van der Waals surface area (Å²) in [7, 11) is 0. The van der Waals surface area contributed by atoms with Crippen LogP contribution in [0.5, 0.6) is 0 Å². The zero-order chi connectivity index (χ0) is 8.93. The molecule has 0 unspecified atom stereocenters. The molecule has 13 heavy (non-hydrogen) atoms. The maximum Gasteiger partial charge on any atom is 0.250 e. The average molecular weight is 172 g/mol. The standard InChI is InChI=1S/C10H8N2O/c1-2-4-9(5-3-1)6-7-10-11-8-12-13-10/h1-8H. The molecule has 0 atom stereocenters. The van der Waals surface area contributed by atoms with Crippen LogP contribution in [0.3, 0.4) is 0 Å². The first-order valence-corrected chi connectivity index (χ1v) is 3.95. The van der Waals surface area contributed by atoms with Crippen molar-refractivity contribution in [2.75, 3.05) is 0 Å². The highest BCUT2D eigenvalue weighted by molar-refractivity contribution is 5.65. The molecule has 0 aliphatic carbocycles. The minimum Gasteiger partial charge on any atom is -0.335 e. The van der Waals surface area contributed by atoms with Crippen LogP contribution in [0.1, 0.15) is 11.5 Å². The molecule has 0 aliphatic rings. The summed E-state index contributed by atoms with van der Waals surface area (Å²) in [5.41, 5.74) is 1.11. The molecule has 2 rings (SSSR count). The molecular weight excluding hydrogens is 164 g/mol. The Hall–Kier alpha value is -1.90. The number of aromatic nitrogens is 2. The van der Waals surface area contributed by atoms with Gasteiger partial charge in [0.25, 0.3) is 0 Å². The molecule has 0 bridgehead atoms. The number of rotatable bonds is 2. The van der Waals surface area contributed by atoms with E-state index in [1.807, 2.05) is 36.4 Å². The zero-order valence-electron chi connectivity index (χ0n) is 6.92. The molecule has 1 aromatic carbocycles. The topological polar surface area (TPSA) is 38.9 Å². The summed E-state index contributed by atoms with van der Waals surface area (Å²) in [6.07, 6.45) is 5.08. The normalized spacial score (nSPS) is 10.8. The minimum absolute atomic E-state index is 0.517.